The molecular formula is C58H56CaF6O16S2. The summed E-state index contributed by atoms with van der Waals surface area (Å²) in [6, 6.07) is 34.2. The maximum Gasteiger partial charge on any atom is 2.00 e. The quantitative estimate of drug-likeness (QED) is 0.0299. The topological polar surface area (TPSA) is 222 Å². The van der Waals surface area contributed by atoms with Crippen molar-refractivity contribution in [3.63, 3.8) is 0 Å². The number of rotatable bonds is 26. The van der Waals surface area contributed by atoms with E-state index < -0.39 is 79.5 Å². The smallest absolute Gasteiger partial charge is 0.548 e. The summed E-state index contributed by atoms with van der Waals surface area (Å²) in [7, 11) is -6.38. The molecule has 0 amide bonds. The fraction of sp³-hybridized carbons (Fsp3) is 0.345. The molecule has 2 heterocycles. The Labute approximate surface area is 505 Å². The summed E-state index contributed by atoms with van der Waals surface area (Å²) in [5, 5.41) is 21.6. The molecule has 440 valence electrons. The molecule has 6 aromatic rings. The van der Waals surface area contributed by atoms with Gasteiger partial charge in [-0.15, -0.1) is 0 Å². The minimum absolute atomic E-state index is 0. The summed E-state index contributed by atoms with van der Waals surface area (Å²) in [6.45, 7) is -0.153. The number of carbonyl (C=O) groups is 2. The molecule has 2 aliphatic rings. The van der Waals surface area contributed by atoms with Crippen molar-refractivity contribution in [3.05, 3.63) is 167 Å². The van der Waals surface area contributed by atoms with E-state index in [0.29, 0.717) is 33.8 Å². The molecule has 2 fully saturated rings. The molecule has 0 bridgehead atoms. The Kier molecular flexibility index (Phi) is 22.9. The number of ether oxygens (including phenoxy) is 8. The predicted octanol–water partition coefficient (Wildman–Crippen LogP) is 7.13. The van der Waals surface area contributed by atoms with Gasteiger partial charge < -0.3 is 57.7 Å². The second-order valence-electron chi connectivity index (χ2n) is 19.4. The van der Waals surface area contributed by atoms with Gasteiger partial charge in [-0.05, 0) is 118 Å². The van der Waals surface area contributed by atoms with E-state index in [4.69, 9.17) is 37.9 Å². The Morgan fingerprint density at radius 1 is 0.506 bits per heavy atom. The van der Waals surface area contributed by atoms with Gasteiger partial charge in [0.15, 0.2) is 0 Å². The van der Waals surface area contributed by atoms with E-state index in [9.17, 15) is 63.0 Å². The van der Waals surface area contributed by atoms with Crippen molar-refractivity contribution in [2.24, 2.45) is 0 Å². The molecule has 25 heteroatoms. The average Bonchev–Trinajstić information content (AvgIpc) is 3.47. The number of carboxylic acids is 2. The fourth-order valence-corrected chi connectivity index (χ4v) is 9.84. The first-order valence-corrected chi connectivity index (χ1v) is 29.3. The third-order valence-corrected chi connectivity index (χ3v) is 14.8. The molecule has 0 unspecified atom stereocenters. The minimum atomic E-state index is -4.65. The van der Waals surface area contributed by atoms with Crippen LogP contribution < -0.4 is 29.2 Å². The zero-order valence-electron chi connectivity index (χ0n) is 44.9. The number of sulfone groups is 2. The Morgan fingerprint density at radius 3 is 1.16 bits per heavy atom. The third-order valence-electron chi connectivity index (χ3n) is 12.8. The summed E-state index contributed by atoms with van der Waals surface area (Å²) < 4.78 is 173. The van der Waals surface area contributed by atoms with Crippen LogP contribution >= 0.6 is 0 Å². The molecular weight excluding hydrogens is 1170 g/mol. The Bertz CT molecular complexity index is 3160. The second kappa shape index (κ2) is 28.7. The number of benzene rings is 6. The zero-order valence-corrected chi connectivity index (χ0v) is 48.8. The summed E-state index contributed by atoms with van der Waals surface area (Å²) >= 11 is 0. The average molecular weight is 1230 g/mol. The maximum absolute atomic E-state index is 14.0. The molecule has 0 radical (unpaired) electrons. The number of carboxylic acid groups (broad SMARTS) is 2. The molecule has 8 rings (SSSR count). The normalized spacial score (nSPS) is 14.6. The zero-order chi connectivity index (χ0) is 59.4. The van der Waals surface area contributed by atoms with Crippen LogP contribution in [0, 0.1) is 0 Å². The van der Waals surface area contributed by atoms with Crippen LogP contribution in [-0.4, -0.2) is 143 Å². The van der Waals surface area contributed by atoms with Gasteiger partial charge in [0.2, 0.25) is 0 Å². The first-order valence-electron chi connectivity index (χ1n) is 25.2. The Morgan fingerprint density at radius 2 is 0.855 bits per heavy atom. The van der Waals surface area contributed by atoms with Crippen LogP contribution in [0.2, 0.25) is 0 Å². The molecule has 0 N–H and O–H groups in total. The molecule has 2 aliphatic heterocycles. The number of hydrogen-bond donors (Lipinski definition) is 0. The number of halogens is 6. The van der Waals surface area contributed by atoms with Gasteiger partial charge in [-0.2, -0.15) is 26.3 Å². The maximum atomic E-state index is 14.0. The molecule has 16 nitrogen and oxygen atoms in total. The largest absolute Gasteiger partial charge is 2.00 e. The van der Waals surface area contributed by atoms with Crippen molar-refractivity contribution < 1.29 is 101 Å². The van der Waals surface area contributed by atoms with Crippen molar-refractivity contribution in [3.8, 4) is 45.3 Å². The summed E-state index contributed by atoms with van der Waals surface area (Å²) in [5.74, 6) is -1.89. The van der Waals surface area contributed by atoms with Crippen molar-refractivity contribution in [1.29, 1.82) is 0 Å². The van der Waals surface area contributed by atoms with E-state index >= 15 is 0 Å². The van der Waals surface area contributed by atoms with Gasteiger partial charge in [0.05, 0.1) is 87.4 Å². The fourth-order valence-electron chi connectivity index (χ4n) is 8.56. The van der Waals surface area contributed by atoms with Crippen LogP contribution in [0.3, 0.4) is 0 Å². The number of carbonyl (C=O) groups excluding carboxylic acids is 2. The van der Waals surface area contributed by atoms with E-state index in [1.54, 1.807) is 97.1 Å². The van der Waals surface area contributed by atoms with Crippen LogP contribution in [0.4, 0.5) is 26.3 Å². The van der Waals surface area contributed by atoms with Crippen molar-refractivity contribution in [2.45, 2.75) is 49.6 Å². The molecule has 83 heavy (non-hydrogen) atoms. The molecule has 0 saturated carbocycles. The second-order valence-corrected chi connectivity index (χ2v) is 23.9. The Hall–Kier alpha value is -5.96. The van der Waals surface area contributed by atoms with Gasteiger partial charge in [-0.1, -0.05) is 72.8 Å². The van der Waals surface area contributed by atoms with Gasteiger partial charge in [0.1, 0.15) is 67.1 Å². The summed E-state index contributed by atoms with van der Waals surface area (Å²) in [5.41, 5.74) is -0.118. The summed E-state index contributed by atoms with van der Waals surface area (Å²) in [6.07, 6.45) is -6.80. The van der Waals surface area contributed by atoms with Gasteiger partial charge in [0.25, 0.3) is 0 Å². The van der Waals surface area contributed by atoms with Crippen molar-refractivity contribution in [2.75, 3.05) is 76.9 Å². The van der Waals surface area contributed by atoms with Gasteiger partial charge >= 0.3 is 50.1 Å². The third kappa shape index (κ3) is 19.5. The molecule has 0 aliphatic carbocycles. The predicted molar refractivity (Wildman–Crippen MR) is 288 cm³/mol. The first-order chi connectivity index (χ1) is 38.7. The van der Waals surface area contributed by atoms with Gasteiger partial charge in [-0.25, -0.2) is 16.8 Å². The molecule has 0 aromatic heterocycles. The minimum Gasteiger partial charge on any atom is -0.548 e. The Balaban J connectivity index is 0.000000263. The van der Waals surface area contributed by atoms with Crippen LogP contribution in [0.1, 0.15) is 46.2 Å². The van der Waals surface area contributed by atoms with E-state index in [-0.39, 0.29) is 138 Å². The summed E-state index contributed by atoms with van der Waals surface area (Å²) in [4.78, 5) is 21.6. The molecule has 6 aromatic carbocycles. The number of alkyl halides is 6. The van der Waals surface area contributed by atoms with Gasteiger partial charge in [0, 0.05) is 12.5 Å². The molecule has 2 saturated heterocycles. The van der Waals surface area contributed by atoms with Crippen LogP contribution in [0.25, 0.3) is 22.3 Å². The van der Waals surface area contributed by atoms with Gasteiger partial charge in [-0.3, -0.25) is 0 Å². The number of hydrogen-bond acceptors (Lipinski definition) is 16. The van der Waals surface area contributed by atoms with Crippen LogP contribution in [-0.2, 0) is 85.0 Å². The van der Waals surface area contributed by atoms with E-state index in [1.807, 2.05) is 0 Å². The molecule has 0 atom stereocenters. The monoisotopic (exact) mass is 1230 g/mol. The number of aliphatic carboxylic acids is 2. The van der Waals surface area contributed by atoms with Crippen LogP contribution in [0.5, 0.6) is 23.0 Å². The SMILES string of the molecule is CS(=O)(=O)CCCOc1ccc(-c2cccc(COc3ccc(C4(OCC(=O)[O-])COC4)cc3)c2)c(C(F)(F)F)c1.CS(=O)(=O)CCCOc1ccc(-c2cccc(COc3ccc(C4(OCC(=O)[O-])COC4)cc3)c2)c(C(F)(F)F)c1.[Ca+2]. The van der Waals surface area contributed by atoms with Crippen molar-refractivity contribution in [1.82, 2.24) is 0 Å². The standard InChI is InChI=1S/2C29H29F3O8S.Ca/c2*1-41(35,36)13-3-12-38-24-10-11-25(26(15-24)29(30,31)32)21-5-2-4-20(14-21)16-39-23-8-6-22(7-9-23)28(18-37-19-28)40-17-27(33)34;/h2*2,4-11,14-15H,3,12-13,16-19H2,1H3,(H,33,34);/q;;+2/p-2. The van der Waals surface area contributed by atoms with Crippen molar-refractivity contribution >= 4 is 69.4 Å². The molecule has 0 spiro atoms. The van der Waals surface area contributed by atoms with E-state index in [1.165, 1.54) is 24.3 Å². The van der Waals surface area contributed by atoms with Crippen LogP contribution in [0.15, 0.2) is 133 Å². The van der Waals surface area contributed by atoms with E-state index in [2.05, 4.69) is 0 Å². The van der Waals surface area contributed by atoms with E-state index in [0.717, 1.165) is 35.8 Å². The first kappa shape index (κ1) is 66.2.